The number of hydrogen-bond donors (Lipinski definition) is 1. The third kappa shape index (κ3) is 1.73. The van der Waals surface area contributed by atoms with Crippen LogP contribution in [0.4, 0.5) is 4.39 Å². The van der Waals surface area contributed by atoms with E-state index in [0.29, 0.717) is 0 Å². The number of carboxylic acids is 1. The monoisotopic (exact) mass is 155 g/mol. The minimum absolute atomic E-state index is 0.0715. The van der Waals surface area contributed by atoms with Gasteiger partial charge in [-0.05, 0) is 12.1 Å². The van der Waals surface area contributed by atoms with Gasteiger partial charge < -0.3 is 5.11 Å². The average Bonchev–Trinajstić information content (AvgIpc) is 2.05. The Hall–Kier alpha value is -1.45. The van der Waals surface area contributed by atoms with Crippen LogP contribution in [-0.2, 0) is 6.67 Å². The molecule has 3 nitrogen and oxygen atoms in total. The van der Waals surface area contributed by atoms with Gasteiger partial charge >= 0.3 is 5.97 Å². The maximum absolute atomic E-state index is 11.8. The van der Waals surface area contributed by atoms with Crippen LogP contribution < -0.4 is 0 Å². The zero-order chi connectivity index (χ0) is 8.27. The summed E-state index contributed by atoms with van der Waals surface area (Å²) in [7, 11) is 0. The molecule has 58 valence electrons. The molecule has 0 saturated carbocycles. The van der Waals surface area contributed by atoms with Gasteiger partial charge in [-0.3, -0.25) is 4.98 Å². The molecule has 0 aliphatic carbocycles. The first-order valence-electron chi connectivity index (χ1n) is 2.98. The van der Waals surface area contributed by atoms with Gasteiger partial charge in [0, 0.05) is 6.20 Å². The maximum atomic E-state index is 11.8. The van der Waals surface area contributed by atoms with Crippen molar-refractivity contribution in [2.24, 2.45) is 0 Å². The van der Waals surface area contributed by atoms with Crippen LogP contribution in [0.3, 0.4) is 0 Å². The number of pyridine rings is 1. The molecule has 1 aromatic heterocycles. The molecule has 11 heavy (non-hydrogen) atoms. The quantitative estimate of drug-likeness (QED) is 0.699. The zero-order valence-electron chi connectivity index (χ0n) is 5.62. The lowest BCUT2D eigenvalue weighted by Crippen LogP contribution is -1.97. The molecule has 1 aromatic rings. The summed E-state index contributed by atoms with van der Waals surface area (Å²) in [5.74, 6) is -1.05. The Morgan fingerprint density at radius 3 is 2.73 bits per heavy atom. The van der Waals surface area contributed by atoms with Crippen molar-refractivity contribution in [3.05, 3.63) is 29.6 Å². The van der Waals surface area contributed by atoms with Crippen molar-refractivity contribution in [2.75, 3.05) is 0 Å². The predicted molar refractivity (Wildman–Crippen MR) is 36.0 cm³/mol. The molecule has 1 heterocycles. The van der Waals surface area contributed by atoms with E-state index in [1.54, 1.807) is 0 Å². The number of aromatic nitrogens is 1. The van der Waals surface area contributed by atoms with E-state index in [-0.39, 0.29) is 11.3 Å². The standard InChI is InChI=1S/C7H6FNO2/c8-3-6-2-1-5(4-9-6)7(10)11/h1-2,4H,3H2,(H,10,11). The molecule has 1 rings (SSSR count). The Bertz CT molecular complexity index is 258. The molecule has 0 radical (unpaired) electrons. The molecular formula is C7H6FNO2. The molecule has 0 fully saturated rings. The molecule has 1 N–H and O–H groups in total. The van der Waals surface area contributed by atoms with E-state index in [9.17, 15) is 9.18 Å². The van der Waals surface area contributed by atoms with E-state index in [1.807, 2.05) is 0 Å². The number of hydrogen-bond acceptors (Lipinski definition) is 2. The molecule has 0 amide bonds. The summed E-state index contributed by atoms with van der Waals surface area (Å²) in [6.45, 7) is -0.667. The summed E-state index contributed by atoms with van der Waals surface area (Å²) < 4.78 is 11.8. The van der Waals surface area contributed by atoms with Crippen molar-refractivity contribution < 1.29 is 14.3 Å². The third-order valence-corrected chi connectivity index (χ3v) is 1.21. The molecule has 4 heteroatoms. The van der Waals surface area contributed by atoms with Gasteiger partial charge in [-0.25, -0.2) is 9.18 Å². The number of aromatic carboxylic acids is 1. The highest BCUT2D eigenvalue weighted by molar-refractivity contribution is 5.87. The van der Waals surface area contributed by atoms with E-state index >= 15 is 0 Å². The Labute approximate surface area is 62.5 Å². The minimum atomic E-state index is -1.05. The van der Waals surface area contributed by atoms with Gasteiger partial charge in [0.15, 0.2) is 0 Å². The number of nitrogens with zero attached hydrogens (tertiary/aromatic N) is 1. The first-order chi connectivity index (χ1) is 5.24. The molecule has 0 atom stereocenters. The minimum Gasteiger partial charge on any atom is -0.478 e. The molecule has 0 aromatic carbocycles. The summed E-state index contributed by atoms with van der Waals surface area (Å²) in [6, 6.07) is 2.67. The normalized spacial score (nSPS) is 9.55. The number of alkyl halides is 1. The van der Waals surface area contributed by atoms with Crippen molar-refractivity contribution >= 4 is 5.97 Å². The summed E-state index contributed by atoms with van der Waals surface area (Å²) in [5, 5.41) is 8.41. The van der Waals surface area contributed by atoms with Crippen molar-refractivity contribution in [2.45, 2.75) is 6.67 Å². The molecule has 0 spiro atoms. The molecule has 0 unspecified atom stereocenters. The van der Waals surface area contributed by atoms with Crippen molar-refractivity contribution in [3.8, 4) is 0 Å². The Kier molecular flexibility index (Phi) is 2.15. The average molecular weight is 155 g/mol. The van der Waals surface area contributed by atoms with Crippen LogP contribution in [0.1, 0.15) is 16.1 Å². The van der Waals surface area contributed by atoms with Gasteiger partial charge in [0.2, 0.25) is 0 Å². The first kappa shape index (κ1) is 7.65. The van der Waals surface area contributed by atoms with E-state index in [1.165, 1.54) is 12.1 Å². The van der Waals surface area contributed by atoms with Crippen molar-refractivity contribution in [1.29, 1.82) is 0 Å². The summed E-state index contributed by atoms with van der Waals surface area (Å²) in [4.78, 5) is 13.8. The molecule has 0 aliphatic rings. The van der Waals surface area contributed by atoms with Crippen LogP contribution in [-0.4, -0.2) is 16.1 Å². The second-order valence-electron chi connectivity index (χ2n) is 1.98. The summed E-state index contributed by atoms with van der Waals surface area (Å²) in [5.41, 5.74) is 0.317. The Balaban J connectivity index is 2.91. The lowest BCUT2D eigenvalue weighted by atomic mass is 10.2. The fourth-order valence-corrected chi connectivity index (χ4v) is 0.630. The van der Waals surface area contributed by atoms with Crippen LogP contribution in [0.5, 0.6) is 0 Å². The highest BCUT2D eigenvalue weighted by Gasteiger charge is 2.01. The highest BCUT2D eigenvalue weighted by Crippen LogP contribution is 2.00. The van der Waals surface area contributed by atoms with Gasteiger partial charge in [-0.1, -0.05) is 0 Å². The number of carboxylic acid groups (broad SMARTS) is 1. The first-order valence-corrected chi connectivity index (χ1v) is 2.98. The second kappa shape index (κ2) is 3.09. The maximum Gasteiger partial charge on any atom is 0.337 e. The van der Waals surface area contributed by atoms with E-state index < -0.39 is 12.6 Å². The Morgan fingerprint density at radius 2 is 2.36 bits per heavy atom. The highest BCUT2D eigenvalue weighted by atomic mass is 19.1. The number of rotatable bonds is 2. The van der Waals surface area contributed by atoms with Gasteiger partial charge in [-0.15, -0.1) is 0 Å². The zero-order valence-corrected chi connectivity index (χ0v) is 5.62. The summed E-state index contributed by atoms with van der Waals surface area (Å²) >= 11 is 0. The second-order valence-corrected chi connectivity index (χ2v) is 1.98. The predicted octanol–water partition coefficient (Wildman–Crippen LogP) is 1.25. The topological polar surface area (TPSA) is 50.2 Å². The number of halogens is 1. The van der Waals surface area contributed by atoms with E-state index in [0.717, 1.165) is 6.20 Å². The molecule has 0 bridgehead atoms. The van der Waals surface area contributed by atoms with E-state index in [2.05, 4.69) is 4.98 Å². The molecule has 0 saturated heterocycles. The fraction of sp³-hybridized carbons (Fsp3) is 0.143. The smallest absolute Gasteiger partial charge is 0.337 e. The van der Waals surface area contributed by atoms with Crippen molar-refractivity contribution in [1.82, 2.24) is 4.98 Å². The fourth-order valence-electron chi connectivity index (χ4n) is 0.630. The van der Waals surface area contributed by atoms with Crippen molar-refractivity contribution in [3.63, 3.8) is 0 Å². The molecule has 0 aliphatic heterocycles. The van der Waals surface area contributed by atoms with Crippen LogP contribution in [0, 0.1) is 0 Å². The van der Waals surface area contributed by atoms with Gasteiger partial charge in [0.25, 0.3) is 0 Å². The Morgan fingerprint density at radius 1 is 1.64 bits per heavy atom. The van der Waals surface area contributed by atoms with Crippen LogP contribution in [0.2, 0.25) is 0 Å². The van der Waals surface area contributed by atoms with Gasteiger partial charge in [-0.2, -0.15) is 0 Å². The van der Waals surface area contributed by atoms with Gasteiger partial charge in [0.05, 0.1) is 11.3 Å². The number of carbonyl (C=O) groups is 1. The van der Waals surface area contributed by atoms with E-state index in [4.69, 9.17) is 5.11 Å². The lowest BCUT2D eigenvalue weighted by molar-refractivity contribution is 0.0696. The lowest BCUT2D eigenvalue weighted by Gasteiger charge is -1.93. The largest absolute Gasteiger partial charge is 0.478 e. The summed E-state index contributed by atoms with van der Waals surface area (Å²) in [6.07, 6.45) is 1.14. The van der Waals surface area contributed by atoms with Gasteiger partial charge in [0.1, 0.15) is 6.67 Å². The third-order valence-electron chi connectivity index (χ3n) is 1.21. The SMILES string of the molecule is O=C(O)c1ccc(CF)nc1. The van der Waals surface area contributed by atoms with Crippen LogP contribution in [0.25, 0.3) is 0 Å². The van der Waals surface area contributed by atoms with Crippen LogP contribution >= 0.6 is 0 Å². The molecular weight excluding hydrogens is 149 g/mol. The van der Waals surface area contributed by atoms with Crippen LogP contribution in [0.15, 0.2) is 18.3 Å².